The minimum Gasteiger partial charge on any atom is -0.462 e. The van der Waals surface area contributed by atoms with E-state index in [0.717, 1.165) is 16.5 Å². The Bertz CT molecular complexity index is 499. The smallest absolute Gasteiger partial charge is 0.340 e. The van der Waals surface area contributed by atoms with Crippen LogP contribution in [0, 0.1) is 6.92 Å². The molecule has 2 aromatic rings. The fourth-order valence-corrected chi connectivity index (χ4v) is 1.69. The van der Waals surface area contributed by atoms with Gasteiger partial charge in [-0.15, -0.1) is 0 Å². The number of benzene rings is 1. The van der Waals surface area contributed by atoms with Crippen LogP contribution in [0.5, 0.6) is 0 Å². The summed E-state index contributed by atoms with van der Waals surface area (Å²) >= 11 is 0. The summed E-state index contributed by atoms with van der Waals surface area (Å²) in [5.74, 6) is -0.270. The van der Waals surface area contributed by atoms with E-state index in [0.29, 0.717) is 12.2 Å². The molecule has 78 valence electrons. The Morgan fingerprint density at radius 3 is 3.00 bits per heavy atom. The van der Waals surface area contributed by atoms with Crippen molar-refractivity contribution < 1.29 is 9.53 Å². The lowest BCUT2D eigenvalue weighted by Gasteiger charge is -2.04. The summed E-state index contributed by atoms with van der Waals surface area (Å²) in [6.45, 7) is 4.17. The van der Waals surface area contributed by atoms with Gasteiger partial charge in [0.25, 0.3) is 0 Å². The standard InChI is InChI=1S/C12H13NO2/c1-3-15-12(14)10-7-8(2)6-9-4-5-13-11(9)10/h4-7,13H,3H2,1-2H3. The van der Waals surface area contributed by atoms with E-state index < -0.39 is 0 Å². The zero-order chi connectivity index (χ0) is 10.8. The number of aromatic amines is 1. The zero-order valence-corrected chi connectivity index (χ0v) is 8.83. The lowest BCUT2D eigenvalue weighted by Crippen LogP contribution is -2.05. The quantitative estimate of drug-likeness (QED) is 0.762. The highest BCUT2D eigenvalue weighted by molar-refractivity contribution is 6.03. The summed E-state index contributed by atoms with van der Waals surface area (Å²) in [5.41, 5.74) is 2.51. The average molecular weight is 203 g/mol. The number of aromatic nitrogens is 1. The molecule has 0 aliphatic rings. The predicted molar refractivity (Wildman–Crippen MR) is 59.0 cm³/mol. The number of rotatable bonds is 2. The van der Waals surface area contributed by atoms with Crippen LogP contribution in [-0.4, -0.2) is 17.6 Å². The Labute approximate surface area is 88.1 Å². The number of hydrogen-bond acceptors (Lipinski definition) is 2. The summed E-state index contributed by atoms with van der Waals surface area (Å²) in [4.78, 5) is 14.7. The third-order valence-electron chi connectivity index (χ3n) is 2.30. The van der Waals surface area contributed by atoms with Gasteiger partial charge in [-0.05, 0) is 37.6 Å². The molecule has 0 unspecified atom stereocenters. The molecule has 15 heavy (non-hydrogen) atoms. The van der Waals surface area contributed by atoms with Crippen LogP contribution in [0.15, 0.2) is 24.4 Å². The molecule has 0 aliphatic carbocycles. The van der Waals surface area contributed by atoms with Crippen LogP contribution in [-0.2, 0) is 4.74 Å². The first-order valence-corrected chi connectivity index (χ1v) is 4.97. The summed E-state index contributed by atoms with van der Waals surface area (Å²) in [7, 11) is 0. The molecule has 0 atom stereocenters. The molecule has 0 radical (unpaired) electrons. The first-order chi connectivity index (χ1) is 7.22. The Morgan fingerprint density at radius 1 is 1.47 bits per heavy atom. The zero-order valence-electron chi connectivity index (χ0n) is 8.83. The van der Waals surface area contributed by atoms with E-state index in [-0.39, 0.29) is 5.97 Å². The maximum atomic E-state index is 11.7. The molecule has 3 heteroatoms. The van der Waals surface area contributed by atoms with Crippen molar-refractivity contribution in [3.05, 3.63) is 35.5 Å². The van der Waals surface area contributed by atoms with Gasteiger partial charge in [-0.25, -0.2) is 4.79 Å². The second-order valence-electron chi connectivity index (χ2n) is 3.47. The van der Waals surface area contributed by atoms with Crippen molar-refractivity contribution in [2.75, 3.05) is 6.61 Å². The number of esters is 1. The summed E-state index contributed by atoms with van der Waals surface area (Å²) in [6.07, 6.45) is 1.83. The van der Waals surface area contributed by atoms with E-state index in [9.17, 15) is 4.79 Å². The van der Waals surface area contributed by atoms with Gasteiger partial charge in [0.2, 0.25) is 0 Å². The third-order valence-corrected chi connectivity index (χ3v) is 2.30. The van der Waals surface area contributed by atoms with Crippen LogP contribution >= 0.6 is 0 Å². The Kier molecular flexibility index (Phi) is 2.46. The summed E-state index contributed by atoms with van der Waals surface area (Å²) in [5, 5.41) is 1.04. The minimum atomic E-state index is -0.270. The number of carbonyl (C=O) groups is 1. The highest BCUT2D eigenvalue weighted by atomic mass is 16.5. The van der Waals surface area contributed by atoms with E-state index in [1.165, 1.54) is 0 Å². The van der Waals surface area contributed by atoms with Gasteiger partial charge in [0.05, 0.1) is 17.7 Å². The largest absolute Gasteiger partial charge is 0.462 e. The van der Waals surface area contributed by atoms with Gasteiger partial charge < -0.3 is 9.72 Å². The first kappa shape index (κ1) is 9.77. The van der Waals surface area contributed by atoms with Crippen LogP contribution in [0.3, 0.4) is 0 Å². The molecule has 1 aromatic carbocycles. The van der Waals surface area contributed by atoms with E-state index in [1.54, 1.807) is 6.92 Å². The van der Waals surface area contributed by atoms with Crippen LogP contribution in [0.4, 0.5) is 0 Å². The molecule has 0 spiro atoms. The number of hydrogen-bond donors (Lipinski definition) is 1. The van der Waals surface area contributed by atoms with Gasteiger partial charge in [-0.3, -0.25) is 0 Å². The number of H-pyrrole nitrogens is 1. The fourth-order valence-electron chi connectivity index (χ4n) is 1.69. The van der Waals surface area contributed by atoms with Crippen molar-refractivity contribution in [3.63, 3.8) is 0 Å². The SMILES string of the molecule is CCOC(=O)c1cc(C)cc2cc[nH]c12. The van der Waals surface area contributed by atoms with Gasteiger partial charge in [0.15, 0.2) is 0 Å². The molecule has 1 aromatic heterocycles. The molecule has 0 fully saturated rings. The topological polar surface area (TPSA) is 42.1 Å². The van der Waals surface area contributed by atoms with Crippen molar-refractivity contribution in [3.8, 4) is 0 Å². The molecule has 0 bridgehead atoms. The van der Waals surface area contributed by atoms with Crippen molar-refractivity contribution in [1.29, 1.82) is 0 Å². The van der Waals surface area contributed by atoms with Crippen LogP contribution in [0.2, 0.25) is 0 Å². The van der Waals surface area contributed by atoms with E-state index in [4.69, 9.17) is 4.74 Å². The normalized spacial score (nSPS) is 10.5. The Hall–Kier alpha value is -1.77. The molecule has 2 rings (SSSR count). The molecule has 1 N–H and O–H groups in total. The van der Waals surface area contributed by atoms with Gasteiger partial charge in [-0.1, -0.05) is 0 Å². The second kappa shape index (κ2) is 3.77. The minimum absolute atomic E-state index is 0.270. The monoisotopic (exact) mass is 203 g/mol. The lowest BCUT2D eigenvalue weighted by atomic mass is 10.1. The number of carbonyl (C=O) groups excluding carboxylic acids is 1. The lowest BCUT2D eigenvalue weighted by molar-refractivity contribution is 0.0528. The molecule has 1 heterocycles. The number of aryl methyl sites for hydroxylation is 1. The van der Waals surface area contributed by atoms with Crippen LogP contribution < -0.4 is 0 Å². The van der Waals surface area contributed by atoms with Gasteiger partial charge >= 0.3 is 5.97 Å². The van der Waals surface area contributed by atoms with Crippen LogP contribution in [0.25, 0.3) is 10.9 Å². The maximum absolute atomic E-state index is 11.7. The fraction of sp³-hybridized carbons (Fsp3) is 0.250. The maximum Gasteiger partial charge on any atom is 0.340 e. The molecule has 0 aliphatic heterocycles. The first-order valence-electron chi connectivity index (χ1n) is 4.97. The number of fused-ring (bicyclic) bond motifs is 1. The van der Waals surface area contributed by atoms with E-state index >= 15 is 0 Å². The van der Waals surface area contributed by atoms with Crippen LogP contribution in [0.1, 0.15) is 22.8 Å². The molecular weight excluding hydrogens is 190 g/mol. The highest BCUT2D eigenvalue weighted by Crippen LogP contribution is 2.20. The van der Waals surface area contributed by atoms with Gasteiger partial charge in [0.1, 0.15) is 0 Å². The molecule has 0 saturated heterocycles. The van der Waals surface area contributed by atoms with E-state index in [1.807, 2.05) is 31.3 Å². The Balaban J connectivity index is 2.57. The molecule has 0 amide bonds. The third kappa shape index (κ3) is 1.73. The number of ether oxygens (including phenoxy) is 1. The number of nitrogens with one attached hydrogen (secondary N) is 1. The molecule has 0 saturated carbocycles. The highest BCUT2D eigenvalue weighted by Gasteiger charge is 2.12. The van der Waals surface area contributed by atoms with E-state index in [2.05, 4.69) is 4.98 Å². The van der Waals surface area contributed by atoms with Gasteiger partial charge in [-0.2, -0.15) is 0 Å². The molecular formula is C12H13NO2. The van der Waals surface area contributed by atoms with Crippen molar-refractivity contribution >= 4 is 16.9 Å². The molecule has 3 nitrogen and oxygen atoms in total. The summed E-state index contributed by atoms with van der Waals surface area (Å²) < 4.78 is 5.00. The van der Waals surface area contributed by atoms with Gasteiger partial charge in [0, 0.05) is 11.6 Å². The second-order valence-corrected chi connectivity index (χ2v) is 3.47. The van der Waals surface area contributed by atoms with Crippen molar-refractivity contribution in [2.45, 2.75) is 13.8 Å². The summed E-state index contributed by atoms with van der Waals surface area (Å²) in [6, 6.07) is 5.83. The Morgan fingerprint density at radius 2 is 2.27 bits per heavy atom. The van der Waals surface area contributed by atoms with Crippen molar-refractivity contribution in [1.82, 2.24) is 4.98 Å². The average Bonchev–Trinajstić information content (AvgIpc) is 2.64. The van der Waals surface area contributed by atoms with Crippen molar-refractivity contribution in [2.24, 2.45) is 0 Å². The predicted octanol–water partition coefficient (Wildman–Crippen LogP) is 2.65.